The molecule has 1 fully saturated rings. The van der Waals surface area contributed by atoms with Crippen LogP contribution in [0, 0.1) is 5.82 Å². The van der Waals surface area contributed by atoms with Gasteiger partial charge in [-0.3, -0.25) is 9.59 Å². The van der Waals surface area contributed by atoms with E-state index in [-0.39, 0.29) is 16.8 Å². The fourth-order valence-electron chi connectivity index (χ4n) is 3.41. The van der Waals surface area contributed by atoms with Gasteiger partial charge in [0, 0.05) is 24.7 Å². The Hall–Kier alpha value is -2.84. The molecule has 1 saturated heterocycles. The van der Waals surface area contributed by atoms with Crippen LogP contribution in [0.15, 0.2) is 48.5 Å². The molecule has 2 aromatic carbocycles. The van der Waals surface area contributed by atoms with Gasteiger partial charge >= 0.3 is 0 Å². The summed E-state index contributed by atoms with van der Waals surface area (Å²) in [5.41, 5.74) is 0.832. The average Bonchev–Trinajstić information content (AvgIpc) is 3.24. The van der Waals surface area contributed by atoms with Gasteiger partial charge < -0.3 is 10.2 Å². The number of likely N-dealkylation sites (tertiary alicyclic amines) is 1. The van der Waals surface area contributed by atoms with Gasteiger partial charge in [0.1, 0.15) is 10.8 Å². The first-order valence-corrected chi connectivity index (χ1v) is 10.6. The first-order valence-electron chi connectivity index (χ1n) is 9.45. The number of halogens is 2. The predicted octanol–water partition coefficient (Wildman–Crippen LogP) is 4.60. The van der Waals surface area contributed by atoms with Crippen LogP contribution in [-0.4, -0.2) is 40.0 Å². The normalized spacial score (nSPS) is 16.3. The highest BCUT2D eigenvalue weighted by Gasteiger charge is 2.29. The minimum Gasteiger partial charge on any atom is -0.338 e. The van der Waals surface area contributed by atoms with Gasteiger partial charge in [0.05, 0.1) is 10.6 Å². The van der Waals surface area contributed by atoms with Crippen LogP contribution in [0.1, 0.15) is 43.9 Å². The Balaban J connectivity index is 1.44. The third-order valence-electron chi connectivity index (χ3n) is 4.88. The molecule has 1 aliphatic heterocycles. The molecule has 0 bridgehead atoms. The van der Waals surface area contributed by atoms with Gasteiger partial charge in [-0.05, 0) is 43.2 Å². The van der Waals surface area contributed by atoms with Gasteiger partial charge in [-0.15, -0.1) is 10.2 Å². The molecule has 0 spiro atoms. The molecule has 4 rings (SSSR count). The van der Waals surface area contributed by atoms with Crippen molar-refractivity contribution >= 4 is 40.4 Å². The fraction of sp³-hybridized carbons (Fsp3) is 0.238. The minimum absolute atomic E-state index is 0.00147. The van der Waals surface area contributed by atoms with Crippen molar-refractivity contribution < 1.29 is 14.0 Å². The highest BCUT2D eigenvalue weighted by Crippen LogP contribution is 2.30. The van der Waals surface area contributed by atoms with Crippen LogP contribution in [0.5, 0.6) is 0 Å². The number of benzene rings is 2. The van der Waals surface area contributed by atoms with E-state index in [0.717, 1.165) is 12.8 Å². The number of amides is 2. The topological polar surface area (TPSA) is 75.2 Å². The molecular formula is C21H18ClFN4O2S. The molecule has 2 amide bonds. The molecule has 30 heavy (non-hydrogen) atoms. The molecule has 6 nitrogen and oxygen atoms in total. The zero-order chi connectivity index (χ0) is 21.1. The molecule has 154 valence electrons. The van der Waals surface area contributed by atoms with E-state index < -0.39 is 11.7 Å². The van der Waals surface area contributed by atoms with Crippen molar-refractivity contribution in [1.29, 1.82) is 0 Å². The molecule has 0 saturated carbocycles. The van der Waals surface area contributed by atoms with E-state index in [4.69, 9.17) is 11.6 Å². The number of nitrogens with one attached hydrogen (secondary N) is 1. The van der Waals surface area contributed by atoms with Crippen molar-refractivity contribution in [3.63, 3.8) is 0 Å². The van der Waals surface area contributed by atoms with Crippen LogP contribution < -0.4 is 5.32 Å². The molecule has 1 N–H and O–H groups in total. The van der Waals surface area contributed by atoms with E-state index in [2.05, 4.69) is 15.5 Å². The van der Waals surface area contributed by atoms with Gasteiger partial charge in [0.15, 0.2) is 0 Å². The van der Waals surface area contributed by atoms with Gasteiger partial charge in [-0.25, -0.2) is 4.39 Å². The quantitative estimate of drug-likeness (QED) is 0.638. The van der Waals surface area contributed by atoms with E-state index >= 15 is 0 Å². The number of hydrogen-bond donors (Lipinski definition) is 1. The largest absolute Gasteiger partial charge is 0.338 e. The molecule has 0 aliphatic carbocycles. The third-order valence-corrected chi connectivity index (χ3v) is 6.29. The van der Waals surface area contributed by atoms with Crippen LogP contribution >= 0.6 is 22.9 Å². The number of anilines is 1. The molecule has 3 aromatic rings. The molecular weight excluding hydrogens is 427 g/mol. The lowest BCUT2D eigenvalue weighted by Crippen LogP contribution is -2.39. The second-order valence-corrected chi connectivity index (χ2v) is 8.40. The molecule has 0 unspecified atom stereocenters. The molecule has 1 aliphatic rings. The third kappa shape index (κ3) is 4.49. The lowest BCUT2D eigenvalue weighted by Gasteiger charge is -2.31. The Morgan fingerprint density at radius 2 is 2.00 bits per heavy atom. The summed E-state index contributed by atoms with van der Waals surface area (Å²) in [7, 11) is 0. The molecule has 1 atom stereocenters. The number of piperidine rings is 1. The summed E-state index contributed by atoms with van der Waals surface area (Å²) in [4.78, 5) is 27.0. The highest BCUT2D eigenvalue weighted by molar-refractivity contribution is 7.13. The Morgan fingerprint density at radius 3 is 2.80 bits per heavy atom. The summed E-state index contributed by atoms with van der Waals surface area (Å²) in [6, 6.07) is 12.6. The van der Waals surface area contributed by atoms with E-state index in [9.17, 15) is 14.0 Å². The highest BCUT2D eigenvalue weighted by atomic mass is 35.5. The number of carbonyl (C=O) groups excluding carboxylic acids is 2. The van der Waals surface area contributed by atoms with Crippen molar-refractivity contribution in [2.75, 3.05) is 18.4 Å². The minimum atomic E-state index is -0.441. The zero-order valence-electron chi connectivity index (χ0n) is 15.8. The van der Waals surface area contributed by atoms with Gasteiger partial charge in [0.25, 0.3) is 11.8 Å². The predicted molar refractivity (Wildman–Crippen MR) is 114 cm³/mol. The van der Waals surface area contributed by atoms with Crippen molar-refractivity contribution in [2.45, 2.75) is 18.8 Å². The summed E-state index contributed by atoms with van der Waals surface area (Å²) in [5, 5.41) is 12.1. The van der Waals surface area contributed by atoms with Crippen molar-refractivity contribution in [3.8, 4) is 0 Å². The first kappa shape index (κ1) is 20.4. The van der Waals surface area contributed by atoms with Crippen molar-refractivity contribution in [2.24, 2.45) is 0 Å². The summed E-state index contributed by atoms with van der Waals surface area (Å²) >= 11 is 7.36. The average molecular weight is 445 g/mol. The zero-order valence-corrected chi connectivity index (χ0v) is 17.4. The second kappa shape index (κ2) is 8.89. The summed E-state index contributed by atoms with van der Waals surface area (Å²) in [6.45, 7) is 1.14. The van der Waals surface area contributed by atoms with E-state index in [0.29, 0.717) is 34.4 Å². The fourth-order valence-corrected chi connectivity index (χ4v) is 4.49. The van der Waals surface area contributed by atoms with Crippen LogP contribution in [0.25, 0.3) is 0 Å². The number of nitrogens with zero attached hydrogens (tertiary/aromatic N) is 3. The summed E-state index contributed by atoms with van der Waals surface area (Å²) in [6.07, 6.45) is 1.68. The maximum atomic E-state index is 13.3. The van der Waals surface area contributed by atoms with Crippen molar-refractivity contribution in [3.05, 3.63) is 74.9 Å². The second-order valence-electron chi connectivity index (χ2n) is 6.98. The van der Waals surface area contributed by atoms with Gasteiger partial charge in [0.2, 0.25) is 5.01 Å². The Kier molecular flexibility index (Phi) is 6.06. The van der Waals surface area contributed by atoms with E-state index in [1.165, 1.54) is 29.5 Å². The lowest BCUT2D eigenvalue weighted by molar-refractivity contribution is 0.0707. The first-order chi connectivity index (χ1) is 14.5. The standard InChI is InChI=1S/C21H18ClFN4O2S/c22-17-9-2-1-8-16(17)21(29)27-10-4-5-13(12-27)19-25-26-20(30-19)18(28)24-15-7-3-6-14(23)11-15/h1-3,6-9,11,13H,4-5,10,12H2,(H,24,28)/t13-/m0/s1. The smallest absolute Gasteiger partial charge is 0.286 e. The lowest BCUT2D eigenvalue weighted by atomic mass is 9.98. The van der Waals surface area contributed by atoms with Gasteiger partial charge in [-0.1, -0.05) is 41.1 Å². The Bertz CT molecular complexity index is 1090. The summed E-state index contributed by atoms with van der Waals surface area (Å²) < 4.78 is 13.3. The summed E-state index contributed by atoms with van der Waals surface area (Å²) in [5.74, 6) is -0.988. The molecule has 1 aromatic heterocycles. The SMILES string of the molecule is O=C(Nc1cccc(F)c1)c1nnc([C@H]2CCCN(C(=O)c3ccccc3Cl)C2)s1. The Morgan fingerprint density at radius 1 is 1.17 bits per heavy atom. The monoisotopic (exact) mass is 444 g/mol. The number of rotatable bonds is 4. The van der Waals surface area contributed by atoms with Crippen LogP contribution in [0.3, 0.4) is 0 Å². The van der Waals surface area contributed by atoms with Crippen LogP contribution in [0.2, 0.25) is 5.02 Å². The van der Waals surface area contributed by atoms with Crippen molar-refractivity contribution in [1.82, 2.24) is 15.1 Å². The number of hydrogen-bond acceptors (Lipinski definition) is 5. The van der Waals surface area contributed by atoms with Crippen LogP contribution in [0.4, 0.5) is 10.1 Å². The van der Waals surface area contributed by atoms with Crippen LogP contribution in [-0.2, 0) is 0 Å². The Labute approximate surface area is 181 Å². The van der Waals surface area contributed by atoms with E-state index in [1.807, 2.05) is 0 Å². The van der Waals surface area contributed by atoms with E-state index in [1.54, 1.807) is 35.2 Å². The van der Waals surface area contributed by atoms with Gasteiger partial charge in [-0.2, -0.15) is 0 Å². The number of carbonyl (C=O) groups is 2. The number of aromatic nitrogens is 2. The maximum absolute atomic E-state index is 13.3. The molecule has 9 heteroatoms. The maximum Gasteiger partial charge on any atom is 0.286 e. The molecule has 2 heterocycles. The molecule has 0 radical (unpaired) electrons.